The minimum absolute atomic E-state index is 0.204. The van der Waals surface area contributed by atoms with E-state index in [4.69, 9.17) is 4.74 Å². The summed E-state index contributed by atoms with van der Waals surface area (Å²) in [4.78, 5) is 23.1. The Bertz CT molecular complexity index is 882. The van der Waals surface area contributed by atoms with E-state index in [1.807, 2.05) is 6.92 Å². The van der Waals surface area contributed by atoms with Crippen LogP contribution >= 0.6 is 0 Å². The molecule has 0 bridgehead atoms. The van der Waals surface area contributed by atoms with Crippen molar-refractivity contribution < 1.29 is 27.4 Å². The number of carbonyl (C=O) groups excluding carboxylic acids is 1. The van der Waals surface area contributed by atoms with Gasteiger partial charge < -0.3 is 19.7 Å². The largest absolute Gasteiger partial charge is 0.573 e. The number of aromatic nitrogens is 2. The first-order chi connectivity index (χ1) is 14.7. The average Bonchev–Trinajstić information content (AvgIpc) is 2.73. The zero-order chi connectivity index (χ0) is 22.4. The van der Waals surface area contributed by atoms with E-state index in [0.717, 1.165) is 24.1 Å². The van der Waals surface area contributed by atoms with Gasteiger partial charge in [-0.1, -0.05) is 12.1 Å². The second kappa shape index (κ2) is 9.95. The van der Waals surface area contributed by atoms with Crippen molar-refractivity contribution >= 4 is 6.03 Å². The molecule has 1 aliphatic heterocycles. The zero-order valence-electron chi connectivity index (χ0n) is 17.4. The lowest BCUT2D eigenvalue weighted by atomic mass is 9.91. The van der Waals surface area contributed by atoms with Crippen LogP contribution in [0.4, 0.5) is 18.0 Å². The highest BCUT2D eigenvalue weighted by Crippen LogP contribution is 2.29. The molecule has 0 aliphatic carbocycles. The third-order valence-electron chi connectivity index (χ3n) is 5.09. The maximum absolute atomic E-state index is 12.5. The number of benzene rings is 1. The number of piperidine rings is 1. The molecular weight excluding hydrogens is 413 g/mol. The molecule has 0 spiro atoms. The van der Waals surface area contributed by atoms with E-state index in [2.05, 4.69) is 20.0 Å². The Balaban J connectivity index is 1.50. The molecule has 2 heterocycles. The number of alkyl halides is 3. The fourth-order valence-corrected chi connectivity index (χ4v) is 3.59. The molecule has 168 valence electrons. The van der Waals surface area contributed by atoms with E-state index in [1.54, 1.807) is 18.2 Å². The summed E-state index contributed by atoms with van der Waals surface area (Å²) in [6.45, 7) is 3.69. The molecule has 1 saturated heterocycles. The van der Waals surface area contributed by atoms with Crippen molar-refractivity contribution in [1.82, 2.24) is 20.2 Å². The third-order valence-corrected chi connectivity index (χ3v) is 5.09. The SMILES string of the molecule is COCc1cnc(C)nc1C1CCN(C(=O)NCc2ccc(OC(F)(F)F)cc2)CC1. The number of amides is 2. The topological polar surface area (TPSA) is 76.6 Å². The minimum Gasteiger partial charge on any atom is -0.406 e. The summed E-state index contributed by atoms with van der Waals surface area (Å²) < 4.78 is 45.7. The number of nitrogens with zero attached hydrogens (tertiary/aromatic N) is 3. The summed E-state index contributed by atoms with van der Waals surface area (Å²) in [7, 11) is 1.63. The van der Waals surface area contributed by atoms with Crippen molar-refractivity contribution in [3.05, 3.63) is 53.1 Å². The highest BCUT2D eigenvalue weighted by Gasteiger charge is 2.31. The molecule has 0 saturated carbocycles. The predicted molar refractivity (Wildman–Crippen MR) is 106 cm³/mol. The van der Waals surface area contributed by atoms with Crippen molar-refractivity contribution in [3.63, 3.8) is 0 Å². The second-order valence-corrected chi connectivity index (χ2v) is 7.37. The number of aryl methyl sites for hydroxylation is 1. The second-order valence-electron chi connectivity index (χ2n) is 7.37. The average molecular weight is 438 g/mol. The summed E-state index contributed by atoms with van der Waals surface area (Å²) in [5.74, 6) is 0.649. The number of halogens is 3. The first kappa shape index (κ1) is 22.8. The monoisotopic (exact) mass is 438 g/mol. The van der Waals surface area contributed by atoms with E-state index >= 15 is 0 Å². The Kier molecular flexibility index (Phi) is 7.32. The summed E-state index contributed by atoms with van der Waals surface area (Å²) in [6, 6.07) is 5.22. The Hall–Kier alpha value is -2.88. The van der Waals surface area contributed by atoms with Crippen LogP contribution in [0, 0.1) is 6.92 Å². The molecule has 31 heavy (non-hydrogen) atoms. The fourth-order valence-electron chi connectivity index (χ4n) is 3.59. The number of rotatable bonds is 6. The van der Waals surface area contributed by atoms with Gasteiger partial charge in [0.25, 0.3) is 0 Å². The van der Waals surface area contributed by atoms with E-state index < -0.39 is 6.36 Å². The van der Waals surface area contributed by atoms with Crippen LogP contribution in [0.3, 0.4) is 0 Å². The number of nitrogens with one attached hydrogen (secondary N) is 1. The molecule has 1 aromatic carbocycles. The summed E-state index contributed by atoms with van der Waals surface area (Å²) in [6.07, 6.45) is -1.37. The lowest BCUT2D eigenvalue weighted by molar-refractivity contribution is -0.274. The number of hydrogen-bond donors (Lipinski definition) is 1. The standard InChI is InChI=1S/C21H25F3N4O3/c1-14-25-12-17(13-30-2)19(27-14)16-7-9-28(10-8-16)20(29)26-11-15-3-5-18(6-4-15)31-21(22,23)24/h3-6,12,16H,7-11,13H2,1-2H3,(H,26,29). The molecule has 10 heteroatoms. The molecule has 0 radical (unpaired) electrons. The molecule has 2 amide bonds. The van der Waals surface area contributed by atoms with Crippen LogP contribution in [0.15, 0.2) is 30.5 Å². The molecule has 0 atom stereocenters. The van der Waals surface area contributed by atoms with Gasteiger partial charge in [-0.05, 0) is 37.5 Å². The van der Waals surface area contributed by atoms with Crippen LogP contribution in [0.2, 0.25) is 0 Å². The number of urea groups is 1. The van der Waals surface area contributed by atoms with E-state index in [-0.39, 0.29) is 24.2 Å². The van der Waals surface area contributed by atoms with Crippen LogP contribution in [0.25, 0.3) is 0 Å². The van der Waals surface area contributed by atoms with Crippen molar-refractivity contribution in [3.8, 4) is 5.75 Å². The number of methoxy groups -OCH3 is 1. The van der Waals surface area contributed by atoms with Gasteiger partial charge in [0.2, 0.25) is 0 Å². The number of ether oxygens (including phenoxy) is 2. The molecule has 2 aromatic rings. The zero-order valence-corrected chi connectivity index (χ0v) is 17.4. The van der Waals surface area contributed by atoms with Gasteiger partial charge in [0.1, 0.15) is 11.6 Å². The molecule has 1 aromatic heterocycles. The normalized spacial score (nSPS) is 15.1. The van der Waals surface area contributed by atoms with Crippen molar-refractivity contribution in [2.75, 3.05) is 20.2 Å². The molecule has 1 fully saturated rings. The van der Waals surface area contributed by atoms with Gasteiger partial charge in [0.05, 0.1) is 12.3 Å². The van der Waals surface area contributed by atoms with Gasteiger partial charge in [0, 0.05) is 44.4 Å². The maximum atomic E-state index is 12.5. The van der Waals surface area contributed by atoms with Crippen LogP contribution < -0.4 is 10.1 Å². The molecular formula is C21H25F3N4O3. The first-order valence-corrected chi connectivity index (χ1v) is 9.94. The van der Waals surface area contributed by atoms with E-state index in [1.165, 1.54) is 24.3 Å². The van der Waals surface area contributed by atoms with Gasteiger partial charge in [-0.15, -0.1) is 13.2 Å². The third kappa shape index (κ3) is 6.55. The Morgan fingerprint density at radius 3 is 2.52 bits per heavy atom. The van der Waals surface area contributed by atoms with E-state index in [9.17, 15) is 18.0 Å². The Labute approximate surface area is 178 Å². The molecule has 7 nitrogen and oxygen atoms in total. The highest BCUT2D eigenvalue weighted by atomic mass is 19.4. The highest BCUT2D eigenvalue weighted by molar-refractivity contribution is 5.74. The van der Waals surface area contributed by atoms with Crippen LogP contribution in [0.5, 0.6) is 5.75 Å². The number of hydrogen-bond acceptors (Lipinski definition) is 5. The quantitative estimate of drug-likeness (QED) is 0.740. The first-order valence-electron chi connectivity index (χ1n) is 9.94. The van der Waals surface area contributed by atoms with Gasteiger partial charge >= 0.3 is 12.4 Å². The smallest absolute Gasteiger partial charge is 0.406 e. The fraction of sp³-hybridized carbons (Fsp3) is 0.476. The minimum atomic E-state index is -4.73. The Morgan fingerprint density at radius 2 is 1.90 bits per heavy atom. The van der Waals surface area contributed by atoms with Crippen molar-refractivity contribution in [2.24, 2.45) is 0 Å². The van der Waals surface area contributed by atoms with Gasteiger partial charge in [-0.3, -0.25) is 0 Å². The summed E-state index contributed by atoms with van der Waals surface area (Å²) in [5, 5.41) is 2.81. The van der Waals surface area contributed by atoms with Gasteiger partial charge in [-0.2, -0.15) is 0 Å². The Morgan fingerprint density at radius 1 is 1.23 bits per heavy atom. The number of likely N-dealkylation sites (tertiary alicyclic amines) is 1. The molecule has 3 rings (SSSR count). The number of carbonyl (C=O) groups is 1. The molecule has 1 N–H and O–H groups in total. The van der Waals surface area contributed by atoms with Crippen LogP contribution in [-0.2, 0) is 17.9 Å². The molecule has 0 unspecified atom stereocenters. The van der Waals surface area contributed by atoms with Crippen molar-refractivity contribution in [2.45, 2.75) is 45.2 Å². The van der Waals surface area contributed by atoms with Gasteiger partial charge in [0.15, 0.2) is 0 Å². The van der Waals surface area contributed by atoms with E-state index in [0.29, 0.717) is 31.1 Å². The lowest BCUT2D eigenvalue weighted by Gasteiger charge is -2.32. The predicted octanol–water partition coefficient (Wildman–Crippen LogP) is 3.92. The van der Waals surface area contributed by atoms with Crippen molar-refractivity contribution in [1.29, 1.82) is 0 Å². The van der Waals surface area contributed by atoms with Crippen LogP contribution in [0.1, 0.15) is 41.4 Å². The lowest BCUT2D eigenvalue weighted by Crippen LogP contribution is -2.44. The summed E-state index contributed by atoms with van der Waals surface area (Å²) >= 11 is 0. The van der Waals surface area contributed by atoms with Crippen LogP contribution in [-0.4, -0.2) is 47.5 Å². The van der Waals surface area contributed by atoms with Gasteiger partial charge in [-0.25, -0.2) is 14.8 Å². The summed E-state index contributed by atoms with van der Waals surface area (Å²) in [5.41, 5.74) is 2.63. The maximum Gasteiger partial charge on any atom is 0.573 e. The molecule has 1 aliphatic rings.